The van der Waals surface area contributed by atoms with Crippen molar-refractivity contribution < 1.29 is 18.3 Å². The van der Waals surface area contributed by atoms with Crippen LogP contribution in [0.4, 0.5) is 13.2 Å². The van der Waals surface area contributed by atoms with Gasteiger partial charge in [0.25, 0.3) is 0 Å². The van der Waals surface area contributed by atoms with Crippen molar-refractivity contribution in [3.63, 3.8) is 0 Å². The Morgan fingerprint density at radius 1 is 1.28 bits per heavy atom. The van der Waals surface area contributed by atoms with E-state index in [0.717, 1.165) is 17.4 Å². The number of alkyl halides is 3. The zero-order valence-corrected chi connectivity index (χ0v) is 10.3. The van der Waals surface area contributed by atoms with Gasteiger partial charge in [0, 0.05) is 5.56 Å². The normalized spacial score (nSPS) is 11.8. The number of rotatable bonds is 2. The molecule has 1 N–H and O–H groups in total. The summed E-state index contributed by atoms with van der Waals surface area (Å²) in [7, 11) is 0. The van der Waals surface area contributed by atoms with E-state index in [9.17, 15) is 13.2 Å². The SMILES string of the molecule is Cc1nc(-c2ccccc2C(F)(F)F)sc1CO. The lowest BCUT2D eigenvalue weighted by atomic mass is 10.1. The molecule has 0 unspecified atom stereocenters. The van der Waals surface area contributed by atoms with Gasteiger partial charge in [0.2, 0.25) is 0 Å². The van der Waals surface area contributed by atoms with Crippen molar-refractivity contribution in [3.05, 3.63) is 40.4 Å². The van der Waals surface area contributed by atoms with Crippen LogP contribution < -0.4 is 0 Å². The molecule has 1 heterocycles. The number of hydrogen-bond donors (Lipinski definition) is 1. The lowest BCUT2D eigenvalue weighted by molar-refractivity contribution is -0.137. The van der Waals surface area contributed by atoms with E-state index in [2.05, 4.69) is 4.98 Å². The Morgan fingerprint density at radius 3 is 2.50 bits per heavy atom. The summed E-state index contributed by atoms with van der Waals surface area (Å²) in [5, 5.41) is 9.34. The number of aryl methyl sites for hydroxylation is 1. The maximum Gasteiger partial charge on any atom is 0.417 e. The molecule has 0 atom stereocenters. The van der Waals surface area contributed by atoms with Crippen molar-refractivity contribution in [1.82, 2.24) is 4.98 Å². The van der Waals surface area contributed by atoms with E-state index in [0.29, 0.717) is 10.6 Å². The highest BCUT2D eigenvalue weighted by Gasteiger charge is 2.34. The van der Waals surface area contributed by atoms with Crippen LogP contribution in [0.1, 0.15) is 16.1 Å². The van der Waals surface area contributed by atoms with Crippen LogP contribution in [0.15, 0.2) is 24.3 Å². The topological polar surface area (TPSA) is 33.1 Å². The molecule has 18 heavy (non-hydrogen) atoms. The summed E-state index contributed by atoms with van der Waals surface area (Å²) in [5.74, 6) is 0. The van der Waals surface area contributed by atoms with E-state index in [1.807, 2.05) is 0 Å². The van der Waals surface area contributed by atoms with Crippen LogP contribution in [0.3, 0.4) is 0 Å². The quantitative estimate of drug-likeness (QED) is 0.906. The average molecular weight is 273 g/mol. The van der Waals surface area contributed by atoms with E-state index in [1.54, 1.807) is 13.0 Å². The molecule has 0 bridgehead atoms. The number of aromatic nitrogens is 1. The number of aliphatic hydroxyl groups excluding tert-OH is 1. The molecule has 96 valence electrons. The standard InChI is InChI=1S/C12H10F3NOS/c1-7-10(6-17)18-11(16-7)8-4-2-3-5-9(8)12(13,14)15/h2-5,17H,6H2,1H3. The minimum absolute atomic E-state index is 0.0535. The van der Waals surface area contributed by atoms with Gasteiger partial charge in [-0.2, -0.15) is 13.2 Å². The van der Waals surface area contributed by atoms with E-state index >= 15 is 0 Å². The summed E-state index contributed by atoms with van der Waals surface area (Å²) in [4.78, 5) is 4.67. The number of nitrogens with zero attached hydrogens (tertiary/aromatic N) is 1. The average Bonchev–Trinajstić information content (AvgIpc) is 2.69. The first-order valence-electron chi connectivity index (χ1n) is 5.17. The molecule has 0 saturated heterocycles. The van der Waals surface area contributed by atoms with Crippen LogP contribution >= 0.6 is 11.3 Å². The lowest BCUT2D eigenvalue weighted by Crippen LogP contribution is -2.06. The number of benzene rings is 1. The Balaban J connectivity index is 2.57. The molecule has 0 spiro atoms. The summed E-state index contributed by atoms with van der Waals surface area (Å²) in [6, 6.07) is 5.31. The van der Waals surface area contributed by atoms with Crippen molar-refractivity contribution in [2.75, 3.05) is 0 Å². The van der Waals surface area contributed by atoms with Crippen molar-refractivity contribution >= 4 is 11.3 Å². The minimum atomic E-state index is -4.41. The summed E-state index contributed by atoms with van der Waals surface area (Å²) in [6.45, 7) is 1.46. The zero-order chi connectivity index (χ0) is 13.3. The largest absolute Gasteiger partial charge is 0.417 e. The molecule has 1 aromatic heterocycles. The van der Waals surface area contributed by atoms with E-state index in [-0.39, 0.29) is 17.2 Å². The molecule has 0 amide bonds. The Kier molecular flexibility index (Phi) is 3.41. The maximum absolute atomic E-state index is 12.9. The lowest BCUT2D eigenvalue weighted by Gasteiger charge is -2.10. The fourth-order valence-corrected chi connectivity index (χ4v) is 2.57. The highest BCUT2D eigenvalue weighted by atomic mass is 32.1. The van der Waals surface area contributed by atoms with Crippen molar-refractivity contribution in [3.8, 4) is 10.6 Å². The predicted molar refractivity (Wildman–Crippen MR) is 63.2 cm³/mol. The van der Waals surface area contributed by atoms with E-state index in [1.165, 1.54) is 12.1 Å². The molecule has 0 aliphatic heterocycles. The zero-order valence-electron chi connectivity index (χ0n) is 9.45. The highest BCUT2D eigenvalue weighted by Crippen LogP contribution is 2.38. The molecule has 0 fully saturated rings. The monoisotopic (exact) mass is 273 g/mol. The fraction of sp³-hybridized carbons (Fsp3) is 0.250. The van der Waals surface area contributed by atoms with Gasteiger partial charge < -0.3 is 5.11 Å². The smallest absolute Gasteiger partial charge is 0.391 e. The van der Waals surface area contributed by atoms with Gasteiger partial charge in [-0.15, -0.1) is 11.3 Å². The first-order valence-corrected chi connectivity index (χ1v) is 5.99. The second kappa shape index (κ2) is 4.70. The summed E-state index contributed by atoms with van der Waals surface area (Å²) >= 11 is 1.08. The van der Waals surface area contributed by atoms with Crippen LogP contribution in [0.25, 0.3) is 10.6 Å². The first-order chi connectivity index (χ1) is 8.43. The van der Waals surface area contributed by atoms with Crippen molar-refractivity contribution in [1.29, 1.82) is 0 Å². The Bertz CT molecular complexity index is 563. The number of thiazole rings is 1. The molecule has 0 aliphatic carbocycles. The van der Waals surface area contributed by atoms with E-state index < -0.39 is 11.7 Å². The van der Waals surface area contributed by atoms with Gasteiger partial charge in [0.1, 0.15) is 5.01 Å². The molecule has 2 nitrogen and oxygen atoms in total. The molecule has 0 saturated carbocycles. The van der Waals surface area contributed by atoms with Gasteiger partial charge in [-0.25, -0.2) is 4.98 Å². The molecule has 1 aromatic carbocycles. The Hall–Kier alpha value is -1.40. The van der Waals surface area contributed by atoms with Gasteiger partial charge in [0.15, 0.2) is 0 Å². The minimum Gasteiger partial charge on any atom is -0.391 e. The van der Waals surface area contributed by atoms with Crippen LogP contribution in [0, 0.1) is 6.92 Å². The highest BCUT2D eigenvalue weighted by molar-refractivity contribution is 7.15. The third-order valence-electron chi connectivity index (χ3n) is 2.50. The summed E-state index contributed by atoms with van der Waals surface area (Å²) in [6.07, 6.45) is -4.41. The predicted octanol–water partition coefficient (Wildman–Crippen LogP) is 3.63. The van der Waals surface area contributed by atoms with Gasteiger partial charge >= 0.3 is 6.18 Å². The van der Waals surface area contributed by atoms with E-state index in [4.69, 9.17) is 5.11 Å². The Morgan fingerprint density at radius 2 is 1.94 bits per heavy atom. The maximum atomic E-state index is 12.9. The molecule has 2 rings (SSSR count). The van der Waals surface area contributed by atoms with Gasteiger partial charge in [-0.1, -0.05) is 18.2 Å². The molecular weight excluding hydrogens is 263 g/mol. The summed E-state index contributed by atoms with van der Waals surface area (Å²) in [5.41, 5.74) is -0.0875. The van der Waals surface area contributed by atoms with Crippen LogP contribution in [0.5, 0.6) is 0 Å². The molecule has 2 aromatic rings. The third kappa shape index (κ3) is 2.39. The van der Waals surface area contributed by atoms with Crippen molar-refractivity contribution in [2.24, 2.45) is 0 Å². The fourth-order valence-electron chi connectivity index (χ4n) is 1.61. The van der Waals surface area contributed by atoms with Gasteiger partial charge in [-0.3, -0.25) is 0 Å². The Labute approximate surface area is 106 Å². The van der Waals surface area contributed by atoms with Gasteiger partial charge in [0.05, 0.1) is 22.7 Å². The summed E-state index contributed by atoms with van der Waals surface area (Å²) < 4.78 is 38.6. The van der Waals surface area contributed by atoms with Crippen LogP contribution in [0.2, 0.25) is 0 Å². The molecule has 0 radical (unpaired) electrons. The van der Waals surface area contributed by atoms with Crippen molar-refractivity contribution in [2.45, 2.75) is 19.7 Å². The molecule has 6 heteroatoms. The molecule has 0 aliphatic rings. The van der Waals surface area contributed by atoms with Crippen LogP contribution in [-0.2, 0) is 12.8 Å². The van der Waals surface area contributed by atoms with Gasteiger partial charge in [-0.05, 0) is 13.0 Å². The second-order valence-corrected chi connectivity index (χ2v) is 4.81. The number of halogens is 3. The van der Waals surface area contributed by atoms with Crippen LogP contribution in [-0.4, -0.2) is 10.1 Å². The second-order valence-electron chi connectivity index (χ2n) is 3.73. The molecular formula is C12H10F3NOS. The first kappa shape index (κ1) is 13.0. The third-order valence-corrected chi connectivity index (χ3v) is 3.67. The number of hydrogen-bond acceptors (Lipinski definition) is 3. The number of aliphatic hydroxyl groups is 1.